The summed E-state index contributed by atoms with van der Waals surface area (Å²) in [5.74, 6) is 0.571. The Bertz CT molecular complexity index is 401. The van der Waals surface area contributed by atoms with Crippen molar-refractivity contribution in [1.29, 1.82) is 0 Å². The summed E-state index contributed by atoms with van der Waals surface area (Å²) in [5, 5.41) is 0. The lowest BCUT2D eigenvalue weighted by Gasteiger charge is -2.37. The highest BCUT2D eigenvalue weighted by molar-refractivity contribution is 9.10. The van der Waals surface area contributed by atoms with Crippen molar-refractivity contribution in [2.75, 3.05) is 32.1 Å². The van der Waals surface area contributed by atoms with Gasteiger partial charge < -0.3 is 9.80 Å². The van der Waals surface area contributed by atoms with E-state index in [4.69, 9.17) is 11.6 Å². The van der Waals surface area contributed by atoms with Crippen molar-refractivity contribution in [1.82, 2.24) is 4.90 Å². The van der Waals surface area contributed by atoms with Gasteiger partial charge in [-0.15, -0.1) is 11.6 Å². The Labute approximate surface area is 123 Å². The lowest BCUT2D eigenvalue weighted by atomic mass is 10.0. The highest BCUT2D eigenvalue weighted by Crippen LogP contribution is 2.30. The molecule has 1 heterocycles. The molecular weight excluding hydrogens is 312 g/mol. The third-order valence-corrected chi connectivity index (χ3v) is 4.65. The zero-order valence-electron chi connectivity index (χ0n) is 11.0. The van der Waals surface area contributed by atoms with Gasteiger partial charge in [0, 0.05) is 29.5 Å². The number of benzene rings is 1. The molecular formula is C14H20BrClN2. The largest absolute Gasteiger partial charge is 0.371 e. The molecule has 2 rings (SSSR count). The lowest BCUT2D eigenvalue weighted by Crippen LogP contribution is -2.42. The first kappa shape index (κ1) is 14.2. The van der Waals surface area contributed by atoms with Gasteiger partial charge in [0.05, 0.1) is 5.69 Å². The van der Waals surface area contributed by atoms with Crippen LogP contribution in [0.15, 0.2) is 22.7 Å². The molecule has 1 aromatic carbocycles. The summed E-state index contributed by atoms with van der Waals surface area (Å²) >= 11 is 9.51. The molecule has 0 bridgehead atoms. The second kappa shape index (κ2) is 6.27. The van der Waals surface area contributed by atoms with Gasteiger partial charge in [0.1, 0.15) is 0 Å². The van der Waals surface area contributed by atoms with Gasteiger partial charge in [-0.05, 0) is 60.6 Å². The van der Waals surface area contributed by atoms with E-state index in [1.54, 1.807) is 0 Å². The smallest absolute Gasteiger partial charge is 0.0510 e. The minimum absolute atomic E-state index is 0.571. The van der Waals surface area contributed by atoms with Crippen molar-refractivity contribution in [2.45, 2.75) is 24.8 Å². The van der Waals surface area contributed by atoms with Crippen molar-refractivity contribution in [3.05, 3.63) is 28.2 Å². The number of hydrogen-bond acceptors (Lipinski definition) is 2. The van der Waals surface area contributed by atoms with Crippen molar-refractivity contribution in [3.8, 4) is 0 Å². The van der Waals surface area contributed by atoms with Crippen LogP contribution in [0.1, 0.15) is 18.4 Å². The monoisotopic (exact) mass is 330 g/mol. The fourth-order valence-electron chi connectivity index (χ4n) is 2.51. The summed E-state index contributed by atoms with van der Waals surface area (Å²) in [6.07, 6.45) is 2.47. The first-order chi connectivity index (χ1) is 8.61. The standard InChI is InChI=1S/C14H20BrClN2/c1-17(2)12-5-7-18(8-6-12)14-4-3-11(10-16)9-13(14)15/h3-4,9,12H,5-8,10H2,1-2H3. The van der Waals surface area contributed by atoms with Crippen molar-refractivity contribution >= 4 is 33.2 Å². The van der Waals surface area contributed by atoms with Crippen LogP contribution in [0.5, 0.6) is 0 Å². The van der Waals surface area contributed by atoms with Crippen LogP contribution in [0, 0.1) is 0 Å². The number of piperidine rings is 1. The van der Waals surface area contributed by atoms with Gasteiger partial charge in [-0.25, -0.2) is 0 Å². The molecule has 0 N–H and O–H groups in total. The topological polar surface area (TPSA) is 6.48 Å². The van der Waals surface area contributed by atoms with E-state index in [1.807, 2.05) is 0 Å². The van der Waals surface area contributed by atoms with E-state index in [-0.39, 0.29) is 0 Å². The fourth-order valence-corrected chi connectivity index (χ4v) is 3.36. The third kappa shape index (κ3) is 3.19. The maximum absolute atomic E-state index is 5.85. The predicted molar refractivity (Wildman–Crippen MR) is 82.6 cm³/mol. The minimum atomic E-state index is 0.571. The van der Waals surface area contributed by atoms with Crippen LogP contribution in [-0.2, 0) is 5.88 Å². The quantitative estimate of drug-likeness (QED) is 0.779. The number of hydrogen-bond donors (Lipinski definition) is 0. The molecule has 100 valence electrons. The van der Waals surface area contributed by atoms with Gasteiger partial charge >= 0.3 is 0 Å². The molecule has 0 aliphatic carbocycles. The van der Waals surface area contributed by atoms with Gasteiger partial charge in [0.2, 0.25) is 0 Å². The summed E-state index contributed by atoms with van der Waals surface area (Å²) in [6, 6.07) is 7.14. The van der Waals surface area contributed by atoms with E-state index < -0.39 is 0 Å². The molecule has 1 fully saturated rings. The Balaban J connectivity index is 2.05. The molecule has 18 heavy (non-hydrogen) atoms. The van der Waals surface area contributed by atoms with Gasteiger partial charge in [-0.1, -0.05) is 6.07 Å². The summed E-state index contributed by atoms with van der Waals surface area (Å²) < 4.78 is 1.16. The van der Waals surface area contributed by atoms with Crippen LogP contribution in [0.3, 0.4) is 0 Å². The van der Waals surface area contributed by atoms with E-state index in [9.17, 15) is 0 Å². The molecule has 0 saturated carbocycles. The summed E-state index contributed by atoms with van der Waals surface area (Å²) in [7, 11) is 4.34. The Morgan fingerprint density at radius 2 is 2.00 bits per heavy atom. The van der Waals surface area contributed by atoms with Gasteiger partial charge in [-0.3, -0.25) is 0 Å². The van der Waals surface area contributed by atoms with Crippen LogP contribution in [0.2, 0.25) is 0 Å². The van der Waals surface area contributed by atoms with Crippen LogP contribution in [0.25, 0.3) is 0 Å². The fraction of sp³-hybridized carbons (Fsp3) is 0.571. The van der Waals surface area contributed by atoms with Crippen LogP contribution in [0.4, 0.5) is 5.69 Å². The summed E-state index contributed by atoms with van der Waals surface area (Å²) in [6.45, 7) is 2.25. The molecule has 1 aliphatic rings. The average Bonchev–Trinajstić information content (AvgIpc) is 2.38. The van der Waals surface area contributed by atoms with Crippen LogP contribution < -0.4 is 4.90 Å². The first-order valence-electron chi connectivity index (χ1n) is 6.37. The zero-order chi connectivity index (χ0) is 13.1. The second-order valence-corrected chi connectivity index (χ2v) is 6.22. The number of rotatable bonds is 3. The molecule has 4 heteroatoms. The second-order valence-electron chi connectivity index (χ2n) is 5.10. The van der Waals surface area contributed by atoms with Gasteiger partial charge in [0.25, 0.3) is 0 Å². The number of nitrogens with zero attached hydrogens (tertiary/aromatic N) is 2. The highest BCUT2D eigenvalue weighted by atomic mass is 79.9. The molecule has 0 atom stereocenters. The highest BCUT2D eigenvalue weighted by Gasteiger charge is 2.21. The number of anilines is 1. The SMILES string of the molecule is CN(C)C1CCN(c2ccc(CCl)cc2Br)CC1. The molecule has 1 aliphatic heterocycles. The minimum Gasteiger partial charge on any atom is -0.371 e. The van der Waals surface area contributed by atoms with E-state index in [0.29, 0.717) is 5.88 Å². The van der Waals surface area contributed by atoms with E-state index >= 15 is 0 Å². The van der Waals surface area contributed by atoms with Crippen LogP contribution >= 0.6 is 27.5 Å². The Hall–Kier alpha value is -0.250. The van der Waals surface area contributed by atoms with E-state index in [2.05, 4.69) is 58.0 Å². The molecule has 0 unspecified atom stereocenters. The Kier molecular flexibility index (Phi) is 4.93. The lowest BCUT2D eigenvalue weighted by molar-refractivity contribution is 0.249. The maximum Gasteiger partial charge on any atom is 0.0510 e. The Morgan fingerprint density at radius 1 is 1.33 bits per heavy atom. The maximum atomic E-state index is 5.85. The van der Waals surface area contributed by atoms with E-state index in [0.717, 1.165) is 29.2 Å². The summed E-state index contributed by atoms with van der Waals surface area (Å²) in [4.78, 5) is 4.80. The molecule has 0 aromatic heterocycles. The molecule has 1 aromatic rings. The normalized spacial score (nSPS) is 17.5. The number of alkyl halides is 1. The van der Waals surface area contributed by atoms with Crippen LogP contribution in [-0.4, -0.2) is 38.1 Å². The van der Waals surface area contributed by atoms with Crippen molar-refractivity contribution in [2.24, 2.45) is 0 Å². The summed E-state index contributed by atoms with van der Waals surface area (Å²) in [5.41, 5.74) is 2.46. The third-order valence-electron chi connectivity index (χ3n) is 3.70. The van der Waals surface area contributed by atoms with Crippen molar-refractivity contribution < 1.29 is 0 Å². The van der Waals surface area contributed by atoms with Gasteiger partial charge in [0.15, 0.2) is 0 Å². The Morgan fingerprint density at radius 3 is 2.50 bits per heavy atom. The molecule has 2 nitrogen and oxygen atoms in total. The molecule has 0 radical (unpaired) electrons. The molecule has 1 saturated heterocycles. The molecule has 0 amide bonds. The van der Waals surface area contributed by atoms with E-state index in [1.165, 1.54) is 18.5 Å². The first-order valence-corrected chi connectivity index (χ1v) is 7.70. The molecule has 0 spiro atoms. The predicted octanol–water partition coefficient (Wildman–Crippen LogP) is 3.72. The van der Waals surface area contributed by atoms with Gasteiger partial charge in [-0.2, -0.15) is 0 Å². The van der Waals surface area contributed by atoms with Crippen molar-refractivity contribution in [3.63, 3.8) is 0 Å². The average molecular weight is 332 g/mol. The zero-order valence-corrected chi connectivity index (χ0v) is 13.3. The number of halogens is 2.